The molecule has 3 aromatic rings. The van der Waals surface area contributed by atoms with E-state index in [0.717, 1.165) is 0 Å². The second kappa shape index (κ2) is 6.14. The van der Waals surface area contributed by atoms with Gasteiger partial charge in [0.2, 0.25) is 0 Å². The van der Waals surface area contributed by atoms with Crippen molar-refractivity contribution >= 4 is 43.4 Å². The Hall–Kier alpha value is -2.42. The van der Waals surface area contributed by atoms with Crippen LogP contribution in [-0.4, -0.2) is 22.7 Å². The Labute approximate surface area is 147 Å². The number of nitro benzene ring substituents is 1. The van der Waals surface area contributed by atoms with Crippen LogP contribution in [0.1, 0.15) is 5.56 Å². The summed E-state index contributed by atoms with van der Waals surface area (Å²) in [5.41, 5.74) is 1.17. The predicted octanol–water partition coefficient (Wildman–Crippen LogP) is 5.31. The predicted molar refractivity (Wildman–Crippen MR) is 89.9 cm³/mol. The Balaban J connectivity index is 2.15. The van der Waals surface area contributed by atoms with Gasteiger partial charge in [0.25, 0.3) is 5.69 Å². The largest absolute Gasteiger partial charge is 0.483 e. The van der Waals surface area contributed by atoms with E-state index in [4.69, 9.17) is 4.74 Å². The second-order valence-electron chi connectivity index (χ2n) is 5.43. The number of nitro groups is 1. The standard InChI is InChI=1S/C16H10BrF3N2O3/c1-8-4-10-5-9-2-3-13(25-7-16(18,19)20)14(17)15(9)21-11(10)6-12(8)22(23)24/h2-6H,7H2,1H3. The molecule has 2 aromatic carbocycles. The van der Waals surface area contributed by atoms with Gasteiger partial charge >= 0.3 is 6.18 Å². The van der Waals surface area contributed by atoms with E-state index in [1.54, 1.807) is 25.1 Å². The van der Waals surface area contributed by atoms with Gasteiger partial charge in [-0.15, -0.1) is 0 Å². The second-order valence-corrected chi connectivity index (χ2v) is 6.22. The first-order valence-electron chi connectivity index (χ1n) is 7.03. The van der Waals surface area contributed by atoms with Gasteiger partial charge < -0.3 is 4.74 Å². The molecule has 0 bridgehead atoms. The molecule has 25 heavy (non-hydrogen) atoms. The molecule has 0 radical (unpaired) electrons. The lowest BCUT2D eigenvalue weighted by molar-refractivity contribution is -0.385. The van der Waals surface area contributed by atoms with Crippen LogP contribution in [0.5, 0.6) is 5.75 Å². The summed E-state index contributed by atoms with van der Waals surface area (Å²) >= 11 is 3.21. The zero-order chi connectivity index (χ0) is 18.4. The number of halogens is 4. The highest BCUT2D eigenvalue weighted by atomic mass is 79.9. The van der Waals surface area contributed by atoms with Gasteiger partial charge in [0, 0.05) is 22.4 Å². The third-order valence-electron chi connectivity index (χ3n) is 3.59. The minimum absolute atomic E-state index is 0.00159. The van der Waals surface area contributed by atoms with Gasteiger partial charge in [-0.2, -0.15) is 13.2 Å². The molecule has 5 nitrogen and oxygen atoms in total. The normalized spacial score (nSPS) is 11.9. The Morgan fingerprint density at radius 3 is 2.60 bits per heavy atom. The minimum Gasteiger partial charge on any atom is -0.483 e. The molecule has 130 valence electrons. The smallest absolute Gasteiger partial charge is 0.422 e. The summed E-state index contributed by atoms with van der Waals surface area (Å²) < 4.78 is 42.0. The number of nitrogens with zero attached hydrogens (tertiary/aromatic N) is 2. The maximum atomic E-state index is 12.3. The summed E-state index contributed by atoms with van der Waals surface area (Å²) in [7, 11) is 0. The minimum atomic E-state index is -4.46. The molecule has 0 N–H and O–H groups in total. The Morgan fingerprint density at radius 2 is 1.96 bits per heavy atom. The average Bonchev–Trinajstić information content (AvgIpc) is 2.51. The van der Waals surface area contributed by atoms with Crippen molar-refractivity contribution in [3.8, 4) is 5.75 Å². The number of hydrogen-bond acceptors (Lipinski definition) is 4. The summed E-state index contributed by atoms with van der Waals surface area (Å²) in [4.78, 5) is 14.9. The number of aromatic nitrogens is 1. The van der Waals surface area contributed by atoms with Gasteiger partial charge in [0.15, 0.2) is 6.61 Å². The van der Waals surface area contributed by atoms with Crippen LogP contribution in [0, 0.1) is 17.0 Å². The van der Waals surface area contributed by atoms with Crippen molar-refractivity contribution < 1.29 is 22.8 Å². The van der Waals surface area contributed by atoms with E-state index in [1.165, 1.54) is 12.1 Å². The number of fused-ring (bicyclic) bond motifs is 2. The van der Waals surface area contributed by atoms with Crippen LogP contribution in [0.3, 0.4) is 0 Å². The van der Waals surface area contributed by atoms with Gasteiger partial charge in [-0.25, -0.2) is 4.98 Å². The van der Waals surface area contributed by atoms with Gasteiger partial charge in [-0.05, 0) is 47.1 Å². The summed E-state index contributed by atoms with van der Waals surface area (Å²) in [6, 6.07) is 7.78. The lowest BCUT2D eigenvalue weighted by Crippen LogP contribution is -2.19. The van der Waals surface area contributed by atoms with E-state index >= 15 is 0 Å². The number of hydrogen-bond donors (Lipinski definition) is 0. The van der Waals surface area contributed by atoms with Crippen molar-refractivity contribution in [3.05, 3.63) is 50.5 Å². The van der Waals surface area contributed by atoms with E-state index in [1.807, 2.05) is 0 Å². The van der Waals surface area contributed by atoms with Crippen LogP contribution in [0.2, 0.25) is 0 Å². The Kier molecular flexibility index (Phi) is 4.28. The summed E-state index contributed by atoms with van der Waals surface area (Å²) in [5, 5.41) is 12.4. The van der Waals surface area contributed by atoms with Crippen LogP contribution in [0.4, 0.5) is 18.9 Å². The highest BCUT2D eigenvalue weighted by Gasteiger charge is 2.29. The Bertz CT molecular complexity index is 1010. The molecule has 0 aliphatic heterocycles. The highest BCUT2D eigenvalue weighted by molar-refractivity contribution is 9.10. The summed E-state index contributed by atoms with van der Waals surface area (Å²) in [6.07, 6.45) is -4.46. The van der Waals surface area contributed by atoms with Gasteiger partial charge in [0.1, 0.15) is 5.75 Å². The zero-order valence-corrected chi connectivity index (χ0v) is 14.3. The zero-order valence-electron chi connectivity index (χ0n) is 12.7. The van der Waals surface area contributed by atoms with E-state index in [0.29, 0.717) is 27.4 Å². The van der Waals surface area contributed by atoms with Crippen molar-refractivity contribution in [2.45, 2.75) is 13.1 Å². The molecule has 0 unspecified atom stereocenters. The van der Waals surface area contributed by atoms with Crippen LogP contribution in [0.15, 0.2) is 34.8 Å². The highest BCUT2D eigenvalue weighted by Crippen LogP contribution is 2.35. The maximum Gasteiger partial charge on any atom is 0.422 e. The molecule has 9 heteroatoms. The molecule has 3 rings (SSSR count). The van der Waals surface area contributed by atoms with Gasteiger partial charge in [-0.1, -0.05) is 0 Å². The van der Waals surface area contributed by atoms with Crippen LogP contribution in [0.25, 0.3) is 21.8 Å². The first kappa shape index (κ1) is 17.4. The molecule has 0 atom stereocenters. The van der Waals surface area contributed by atoms with Crippen LogP contribution in [-0.2, 0) is 0 Å². The molecule has 0 aliphatic carbocycles. The number of ether oxygens (including phenoxy) is 1. The van der Waals surface area contributed by atoms with Crippen molar-refractivity contribution in [3.63, 3.8) is 0 Å². The molecular weight excluding hydrogens is 405 g/mol. The molecule has 0 amide bonds. The number of aryl methyl sites for hydroxylation is 1. The van der Waals surface area contributed by atoms with E-state index in [2.05, 4.69) is 20.9 Å². The van der Waals surface area contributed by atoms with Crippen LogP contribution >= 0.6 is 15.9 Å². The fourth-order valence-corrected chi connectivity index (χ4v) is 3.03. The third-order valence-corrected chi connectivity index (χ3v) is 4.35. The molecule has 0 aliphatic rings. The SMILES string of the molecule is Cc1cc2cc3ccc(OCC(F)(F)F)c(Br)c3nc2cc1[N+](=O)[O-]. The van der Waals surface area contributed by atoms with Crippen molar-refractivity contribution in [1.29, 1.82) is 0 Å². The molecular formula is C16H10BrF3N2O3. The summed E-state index contributed by atoms with van der Waals surface area (Å²) in [6.45, 7) is 0.209. The third kappa shape index (κ3) is 3.51. The first-order chi connectivity index (χ1) is 11.7. The van der Waals surface area contributed by atoms with Gasteiger partial charge in [0.05, 0.1) is 20.4 Å². The monoisotopic (exact) mass is 414 g/mol. The summed E-state index contributed by atoms with van der Waals surface area (Å²) in [5.74, 6) is -0.00159. The van der Waals surface area contributed by atoms with E-state index in [9.17, 15) is 23.3 Å². The fourth-order valence-electron chi connectivity index (χ4n) is 2.47. The van der Waals surface area contributed by atoms with E-state index in [-0.39, 0.29) is 15.9 Å². The number of rotatable bonds is 3. The average molecular weight is 415 g/mol. The lowest BCUT2D eigenvalue weighted by Gasteiger charge is -2.12. The maximum absolute atomic E-state index is 12.3. The number of benzene rings is 2. The fraction of sp³-hybridized carbons (Fsp3) is 0.188. The quantitative estimate of drug-likeness (QED) is 0.331. The Morgan fingerprint density at radius 1 is 1.24 bits per heavy atom. The van der Waals surface area contributed by atoms with Crippen molar-refractivity contribution in [2.24, 2.45) is 0 Å². The molecule has 0 spiro atoms. The number of pyridine rings is 1. The molecule has 0 saturated carbocycles. The van der Waals surface area contributed by atoms with Crippen LogP contribution < -0.4 is 4.74 Å². The van der Waals surface area contributed by atoms with Crippen molar-refractivity contribution in [1.82, 2.24) is 4.98 Å². The lowest BCUT2D eigenvalue weighted by atomic mass is 10.1. The van der Waals surface area contributed by atoms with Gasteiger partial charge in [-0.3, -0.25) is 10.1 Å². The van der Waals surface area contributed by atoms with Crippen molar-refractivity contribution in [2.75, 3.05) is 6.61 Å². The number of alkyl halides is 3. The molecule has 0 fully saturated rings. The molecule has 0 saturated heterocycles. The van der Waals surface area contributed by atoms with E-state index < -0.39 is 17.7 Å². The first-order valence-corrected chi connectivity index (χ1v) is 7.82. The molecule has 1 heterocycles. The molecule has 1 aromatic heterocycles. The topological polar surface area (TPSA) is 65.3 Å².